The minimum absolute atomic E-state index is 0.0259. The molecule has 6 nitrogen and oxygen atoms in total. The predicted molar refractivity (Wildman–Crippen MR) is 82.6 cm³/mol. The average Bonchev–Trinajstić information content (AvgIpc) is 2.56. The Morgan fingerprint density at radius 1 is 1.45 bits per heavy atom. The summed E-state index contributed by atoms with van der Waals surface area (Å²) >= 11 is 0. The van der Waals surface area contributed by atoms with Crippen molar-refractivity contribution >= 4 is 5.91 Å². The number of nitrogens with zero attached hydrogens (tertiary/aromatic N) is 3. The molecule has 2 saturated heterocycles. The van der Waals surface area contributed by atoms with Gasteiger partial charge in [-0.15, -0.1) is 0 Å². The lowest BCUT2D eigenvalue weighted by atomic mass is 9.82. The van der Waals surface area contributed by atoms with Gasteiger partial charge in [0.25, 0.3) is 5.91 Å². The number of piperidine rings is 1. The monoisotopic (exact) mass is 304 g/mol. The van der Waals surface area contributed by atoms with E-state index >= 15 is 0 Å². The van der Waals surface area contributed by atoms with Crippen molar-refractivity contribution in [1.82, 2.24) is 20.2 Å². The Balaban J connectivity index is 1.59. The van der Waals surface area contributed by atoms with Gasteiger partial charge in [-0.2, -0.15) is 0 Å². The molecule has 3 heterocycles. The molecule has 0 aliphatic carbocycles. The highest BCUT2D eigenvalue weighted by atomic mass is 16.5. The van der Waals surface area contributed by atoms with Crippen molar-refractivity contribution in [3.8, 4) is 0 Å². The van der Waals surface area contributed by atoms with E-state index in [0.29, 0.717) is 11.7 Å². The predicted octanol–water partition coefficient (Wildman–Crippen LogP) is 1.24. The third-order valence-corrected chi connectivity index (χ3v) is 4.73. The molecule has 1 N–H and O–H groups in total. The summed E-state index contributed by atoms with van der Waals surface area (Å²) in [6, 6.07) is 0.543. The highest BCUT2D eigenvalue weighted by Crippen LogP contribution is 2.35. The average molecular weight is 304 g/mol. The molecule has 3 rings (SSSR count). The zero-order chi connectivity index (χ0) is 15.4. The number of amides is 1. The smallest absolute Gasteiger partial charge is 0.274 e. The first-order valence-corrected chi connectivity index (χ1v) is 8.15. The minimum Gasteiger partial charge on any atom is -0.375 e. The molecule has 0 unspecified atom stereocenters. The zero-order valence-corrected chi connectivity index (χ0v) is 13.1. The molecule has 22 heavy (non-hydrogen) atoms. The van der Waals surface area contributed by atoms with Crippen LogP contribution in [0.1, 0.15) is 43.1 Å². The Morgan fingerprint density at radius 2 is 2.27 bits per heavy atom. The van der Waals surface area contributed by atoms with Crippen LogP contribution in [0.2, 0.25) is 0 Å². The summed E-state index contributed by atoms with van der Waals surface area (Å²) in [4.78, 5) is 22.3. The van der Waals surface area contributed by atoms with Crippen LogP contribution in [0.4, 0.5) is 0 Å². The van der Waals surface area contributed by atoms with E-state index < -0.39 is 0 Å². The maximum absolute atomic E-state index is 12.4. The van der Waals surface area contributed by atoms with Crippen molar-refractivity contribution in [2.75, 3.05) is 26.2 Å². The Kier molecular flexibility index (Phi) is 4.69. The van der Waals surface area contributed by atoms with Crippen molar-refractivity contribution in [3.63, 3.8) is 0 Å². The van der Waals surface area contributed by atoms with Gasteiger partial charge in [-0.05, 0) is 32.2 Å². The summed E-state index contributed by atoms with van der Waals surface area (Å²) in [6.07, 6.45) is 8.61. The summed E-state index contributed by atoms with van der Waals surface area (Å²) in [5.74, 6) is -0.0259. The first-order valence-electron chi connectivity index (χ1n) is 8.15. The quantitative estimate of drug-likeness (QED) is 0.910. The number of carbonyl (C=O) groups is 1. The van der Waals surface area contributed by atoms with Gasteiger partial charge in [-0.3, -0.25) is 9.78 Å². The van der Waals surface area contributed by atoms with Gasteiger partial charge in [0.15, 0.2) is 0 Å². The molecule has 0 radical (unpaired) electrons. The lowest BCUT2D eigenvalue weighted by Crippen LogP contribution is -2.53. The number of hydrogen-bond acceptors (Lipinski definition) is 5. The Hall–Kier alpha value is -1.53. The van der Waals surface area contributed by atoms with Crippen LogP contribution >= 0.6 is 0 Å². The van der Waals surface area contributed by atoms with E-state index in [9.17, 15) is 4.79 Å². The molecule has 1 aromatic heterocycles. The maximum Gasteiger partial charge on any atom is 0.274 e. The number of nitrogens with one attached hydrogen (secondary N) is 1. The molecule has 0 bridgehead atoms. The molecule has 1 amide bonds. The van der Waals surface area contributed by atoms with E-state index in [-0.39, 0.29) is 11.5 Å². The van der Waals surface area contributed by atoms with E-state index in [0.717, 1.165) is 51.9 Å². The molecule has 2 aliphatic heterocycles. The van der Waals surface area contributed by atoms with Gasteiger partial charge in [0.2, 0.25) is 0 Å². The fourth-order valence-electron chi connectivity index (χ4n) is 3.53. The SMILES string of the molecule is CCN[C@H]1CCOC2(CCN(C(=O)c3cnccn3)CC2)C1. The van der Waals surface area contributed by atoms with Gasteiger partial charge in [0.1, 0.15) is 5.69 Å². The number of carbonyl (C=O) groups excluding carboxylic acids is 1. The fourth-order valence-corrected chi connectivity index (χ4v) is 3.53. The number of hydrogen-bond donors (Lipinski definition) is 1. The van der Waals surface area contributed by atoms with Crippen LogP contribution in [0.5, 0.6) is 0 Å². The molecule has 0 saturated carbocycles. The Morgan fingerprint density at radius 3 is 2.95 bits per heavy atom. The third-order valence-electron chi connectivity index (χ3n) is 4.73. The van der Waals surface area contributed by atoms with E-state index in [1.807, 2.05) is 4.90 Å². The van der Waals surface area contributed by atoms with E-state index in [2.05, 4.69) is 22.2 Å². The largest absolute Gasteiger partial charge is 0.375 e. The van der Waals surface area contributed by atoms with Gasteiger partial charge in [0, 0.05) is 38.1 Å². The van der Waals surface area contributed by atoms with Gasteiger partial charge >= 0.3 is 0 Å². The highest BCUT2D eigenvalue weighted by molar-refractivity contribution is 5.92. The van der Waals surface area contributed by atoms with E-state index in [1.165, 1.54) is 6.20 Å². The van der Waals surface area contributed by atoms with Crippen LogP contribution in [0.3, 0.4) is 0 Å². The summed E-state index contributed by atoms with van der Waals surface area (Å²) < 4.78 is 6.11. The standard InChI is InChI=1S/C16H24N4O2/c1-2-18-13-3-10-22-16(11-13)4-8-20(9-5-16)15(21)14-12-17-6-7-19-14/h6-7,12-13,18H,2-5,8-11H2,1H3/t13-/m0/s1. The first kappa shape index (κ1) is 15.4. The van der Waals surface area contributed by atoms with Crippen LogP contribution in [-0.2, 0) is 4.74 Å². The second kappa shape index (κ2) is 6.71. The number of ether oxygens (including phenoxy) is 1. The summed E-state index contributed by atoms with van der Waals surface area (Å²) in [6.45, 7) is 5.42. The van der Waals surface area contributed by atoms with Crippen LogP contribution in [0, 0.1) is 0 Å². The van der Waals surface area contributed by atoms with Crippen molar-refractivity contribution in [2.24, 2.45) is 0 Å². The molecular formula is C16H24N4O2. The van der Waals surface area contributed by atoms with Crippen molar-refractivity contribution < 1.29 is 9.53 Å². The van der Waals surface area contributed by atoms with Crippen LogP contribution in [0.25, 0.3) is 0 Å². The summed E-state index contributed by atoms with van der Waals surface area (Å²) in [5, 5.41) is 3.54. The molecule has 1 atom stereocenters. The second-order valence-corrected chi connectivity index (χ2v) is 6.16. The lowest BCUT2D eigenvalue weighted by molar-refractivity contribution is -0.115. The third kappa shape index (κ3) is 3.28. The van der Waals surface area contributed by atoms with Gasteiger partial charge in [-0.25, -0.2) is 4.98 Å². The van der Waals surface area contributed by atoms with Crippen LogP contribution in [0.15, 0.2) is 18.6 Å². The zero-order valence-electron chi connectivity index (χ0n) is 13.1. The minimum atomic E-state index is -0.0514. The number of rotatable bonds is 3. The fraction of sp³-hybridized carbons (Fsp3) is 0.688. The van der Waals surface area contributed by atoms with E-state index in [4.69, 9.17) is 4.74 Å². The van der Waals surface area contributed by atoms with Crippen molar-refractivity contribution in [3.05, 3.63) is 24.3 Å². The molecule has 0 aromatic carbocycles. The second-order valence-electron chi connectivity index (χ2n) is 6.16. The van der Waals surface area contributed by atoms with Crippen LogP contribution in [-0.4, -0.2) is 58.7 Å². The summed E-state index contributed by atoms with van der Waals surface area (Å²) in [5.41, 5.74) is 0.373. The Labute approximate surface area is 131 Å². The molecular weight excluding hydrogens is 280 g/mol. The lowest BCUT2D eigenvalue weighted by Gasteiger charge is -2.46. The normalized spacial score (nSPS) is 24.4. The molecule has 2 fully saturated rings. The van der Waals surface area contributed by atoms with Gasteiger partial charge in [-0.1, -0.05) is 6.92 Å². The molecule has 120 valence electrons. The molecule has 1 aromatic rings. The molecule has 2 aliphatic rings. The maximum atomic E-state index is 12.4. The van der Waals surface area contributed by atoms with Crippen molar-refractivity contribution in [1.29, 1.82) is 0 Å². The molecule has 6 heteroatoms. The van der Waals surface area contributed by atoms with Crippen molar-refractivity contribution in [2.45, 2.75) is 44.2 Å². The number of likely N-dealkylation sites (tertiary alicyclic amines) is 1. The highest BCUT2D eigenvalue weighted by Gasteiger charge is 2.41. The van der Waals surface area contributed by atoms with Gasteiger partial charge < -0.3 is 15.0 Å². The number of aromatic nitrogens is 2. The molecule has 1 spiro atoms. The Bertz CT molecular complexity index is 498. The summed E-state index contributed by atoms with van der Waals surface area (Å²) in [7, 11) is 0. The van der Waals surface area contributed by atoms with Gasteiger partial charge in [0.05, 0.1) is 11.8 Å². The van der Waals surface area contributed by atoms with E-state index in [1.54, 1.807) is 12.4 Å². The van der Waals surface area contributed by atoms with Crippen LogP contribution < -0.4 is 5.32 Å². The topological polar surface area (TPSA) is 67.3 Å². The first-order chi connectivity index (χ1) is 10.7.